The number of carbonyl (C=O) groups excluding carboxylic acids is 2. The highest BCUT2D eigenvalue weighted by atomic mass is 16.5. The van der Waals surface area contributed by atoms with Crippen molar-refractivity contribution in [2.75, 3.05) is 41.0 Å². The molecule has 1 fully saturated rings. The predicted molar refractivity (Wildman–Crippen MR) is 118 cm³/mol. The first-order valence-electron chi connectivity index (χ1n) is 10.6. The molecule has 2 amide bonds. The van der Waals surface area contributed by atoms with Crippen molar-refractivity contribution in [1.29, 1.82) is 0 Å². The van der Waals surface area contributed by atoms with Crippen molar-refractivity contribution in [2.45, 2.75) is 24.9 Å². The molecule has 8 heteroatoms. The molecule has 8 nitrogen and oxygen atoms in total. The Morgan fingerprint density at radius 2 is 1.78 bits per heavy atom. The van der Waals surface area contributed by atoms with E-state index in [4.69, 9.17) is 18.9 Å². The number of nitrogens with zero attached hydrogens (tertiary/aromatic N) is 1. The minimum absolute atomic E-state index is 0.0480. The molecule has 2 aliphatic rings. The van der Waals surface area contributed by atoms with Crippen molar-refractivity contribution < 1.29 is 28.5 Å². The van der Waals surface area contributed by atoms with Gasteiger partial charge in [-0.15, -0.1) is 0 Å². The maximum atomic E-state index is 12.9. The number of piperidine rings is 1. The van der Waals surface area contributed by atoms with Gasteiger partial charge in [0.05, 0.1) is 39.9 Å². The van der Waals surface area contributed by atoms with E-state index in [9.17, 15) is 9.59 Å². The number of methoxy groups -OCH3 is 3. The third-order valence-corrected chi connectivity index (χ3v) is 6.16. The van der Waals surface area contributed by atoms with Crippen molar-refractivity contribution in [3.63, 3.8) is 0 Å². The van der Waals surface area contributed by atoms with Gasteiger partial charge in [0.15, 0.2) is 11.5 Å². The largest absolute Gasteiger partial charge is 0.497 e. The van der Waals surface area contributed by atoms with Crippen molar-refractivity contribution in [2.24, 2.45) is 0 Å². The minimum atomic E-state index is -0.548. The third kappa shape index (κ3) is 4.30. The molecule has 1 N–H and O–H groups in total. The van der Waals surface area contributed by atoms with E-state index in [1.54, 1.807) is 45.6 Å². The molecule has 0 atom stereocenters. The third-order valence-electron chi connectivity index (χ3n) is 6.16. The minimum Gasteiger partial charge on any atom is -0.497 e. The second-order valence-corrected chi connectivity index (χ2v) is 8.08. The first-order chi connectivity index (χ1) is 15.5. The number of rotatable bonds is 5. The Morgan fingerprint density at radius 3 is 2.47 bits per heavy atom. The highest BCUT2D eigenvalue weighted by Crippen LogP contribution is 2.35. The Morgan fingerprint density at radius 1 is 1.03 bits per heavy atom. The highest BCUT2D eigenvalue weighted by molar-refractivity contribution is 5.97. The fourth-order valence-corrected chi connectivity index (χ4v) is 4.23. The lowest BCUT2D eigenvalue weighted by atomic mass is 9.90. The van der Waals surface area contributed by atoms with E-state index < -0.39 is 5.60 Å². The van der Waals surface area contributed by atoms with Gasteiger partial charge in [-0.25, -0.2) is 0 Å². The summed E-state index contributed by atoms with van der Waals surface area (Å²) in [6.45, 7) is 1.52. The number of ether oxygens (including phenoxy) is 4. The van der Waals surface area contributed by atoms with Crippen LogP contribution in [0.3, 0.4) is 0 Å². The van der Waals surface area contributed by atoms with Crippen LogP contribution in [0.5, 0.6) is 23.0 Å². The molecule has 0 unspecified atom stereocenters. The van der Waals surface area contributed by atoms with Gasteiger partial charge in [0, 0.05) is 32.0 Å². The maximum absolute atomic E-state index is 12.9. The van der Waals surface area contributed by atoms with Crippen LogP contribution in [0.15, 0.2) is 36.4 Å². The van der Waals surface area contributed by atoms with Gasteiger partial charge in [-0.05, 0) is 29.8 Å². The molecule has 0 aliphatic carbocycles. The molecule has 2 aromatic carbocycles. The van der Waals surface area contributed by atoms with Crippen LogP contribution in [0.25, 0.3) is 0 Å². The molecule has 0 bridgehead atoms. The van der Waals surface area contributed by atoms with E-state index >= 15 is 0 Å². The van der Waals surface area contributed by atoms with Gasteiger partial charge in [0.1, 0.15) is 17.1 Å². The summed E-state index contributed by atoms with van der Waals surface area (Å²) in [6, 6.07) is 10.7. The quantitative estimate of drug-likeness (QED) is 0.769. The summed E-state index contributed by atoms with van der Waals surface area (Å²) in [4.78, 5) is 27.3. The number of hydrogen-bond acceptors (Lipinski definition) is 6. The van der Waals surface area contributed by atoms with E-state index in [1.807, 2.05) is 17.0 Å². The van der Waals surface area contributed by atoms with E-state index in [0.29, 0.717) is 61.0 Å². The van der Waals surface area contributed by atoms with Gasteiger partial charge in [0.25, 0.3) is 5.91 Å². The van der Waals surface area contributed by atoms with Gasteiger partial charge < -0.3 is 29.2 Å². The first kappa shape index (κ1) is 21.8. The topological polar surface area (TPSA) is 86.3 Å². The van der Waals surface area contributed by atoms with E-state index in [2.05, 4.69) is 5.32 Å². The molecule has 1 spiro atoms. The zero-order valence-corrected chi connectivity index (χ0v) is 18.6. The van der Waals surface area contributed by atoms with Gasteiger partial charge in [-0.3, -0.25) is 9.59 Å². The Bertz CT molecular complexity index is 1010. The van der Waals surface area contributed by atoms with E-state index in [-0.39, 0.29) is 18.2 Å². The zero-order valence-electron chi connectivity index (χ0n) is 18.6. The number of carbonyl (C=O) groups is 2. The number of fused-ring (bicyclic) bond motifs is 1. The van der Waals surface area contributed by atoms with E-state index in [0.717, 1.165) is 5.56 Å². The molecule has 0 aromatic heterocycles. The van der Waals surface area contributed by atoms with E-state index in [1.165, 1.54) is 0 Å². The number of likely N-dealkylation sites (tertiary alicyclic amines) is 1. The Balaban J connectivity index is 1.43. The lowest BCUT2D eigenvalue weighted by molar-refractivity contribution is -0.133. The summed E-state index contributed by atoms with van der Waals surface area (Å²) in [5.74, 6) is 2.28. The van der Waals surface area contributed by atoms with Crippen LogP contribution < -0.4 is 24.3 Å². The SMILES string of the molecule is COc1ccc2c(c1)OC1(CCN(C(=O)Cc3ccc(OC)c(OC)c3)CC1)CNC2=O. The molecule has 170 valence electrons. The number of benzene rings is 2. The predicted octanol–water partition coefficient (Wildman–Crippen LogP) is 2.44. The molecule has 2 aromatic rings. The maximum Gasteiger partial charge on any atom is 0.255 e. The number of nitrogens with one attached hydrogen (secondary N) is 1. The molecule has 4 rings (SSSR count). The summed E-state index contributed by atoms with van der Waals surface area (Å²) in [7, 11) is 4.74. The lowest BCUT2D eigenvalue weighted by Crippen LogP contribution is -2.54. The van der Waals surface area contributed by atoms with Gasteiger partial charge >= 0.3 is 0 Å². The fourth-order valence-electron chi connectivity index (χ4n) is 4.23. The summed E-state index contributed by atoms with van der Waals surface area (Å²) in [5, 5.41) is 2.97. The number of hydrogen-bond donors (Lipinski definition) is 1. The average molecular weight is 440 g/mol. The van der Waals surface area contributed by atoms with Gasteiger partial charge in [0.2, 0.25) is 5.91 Å². The summed E-state index contributed by atoms with van der Waals surface area (Å²) < 4.78 is 22.3. The van der Waals surface area contributed by atoms with Crippen molar-refractivity contribution in [3.05, 3.63) is 47.5 Å². The first-order valence-corrected chi connectivity index (χ1v) is 10.6. The van der Waals surface area contributed by atoms with Crippen LogP contribution >= 0.6 is 0 Å². The molecule has 2 heterocycles. The van der Waals surface area contributed by atoms with Crippen molar-refractivity contribution in [1.82, 2.24) is 10.2 Å². The monoisotopic (exact) mass is 440 g/mol. The van der Waals surface area contributed by atoms with Crippen LogP contribution in [0.1, 0.15) is 28.8 Å². The van der Waals surface area contributed by atoms with Gasteiger partial charge in [-0.1, -0.05) is 6.07 Å². The molecule has 0 radical (unpaired) electrons. The van der Waals surface area contributed by atoms with Crippen LogP contribution in [-0.4, -0.2) is 63.3 Å². The molecule has 32 heavy (non-hydrogen) atoms. The Kier molecular flexibility index (Phi) is 6.12. The molecular weight excluding hydrogens is 412 g/mol. The normalized spacial score (nSPS) is 17.0. The molecule has 1 saturated heterocycles. The fraction of sp³-hybridized carbons (Fsp3) is 0.417. The van der Waals surface area contributed by atoms with Gasteiger partial charge in [-0.2, -0.15) is 0 Å². The Hall–Kier alpha value is -3.42. The van der Waals surface area contributed by atoms with Crippen LogP contribution in [0, 0.1) is 0 Å². The standard InChI is InChI=1S/C24H28N2O6/c1-29-17-5-6-18-20(14-17)32-24(15-25-23(18)28)8-10-26(11-9-24)22(27)13-16-4-7-19(30-2)21(12-16)31-3/h4-7,12,14H,8-11,13,15H2,1-3H3,(H,25,28). The second-order valence-electron chi connectivity index (χ2n) is 8.08. The molecule has 2 aliphatic heterocycles. The van der Waals surface area contributed by atoms with Crippen LogP contribution in [0.4, 0.5) is 0 Å². The van der Waals surface area contributed by atoms with Crippen LogP contribution in [0.2, 0.25) is 0 Å². The summed E-state index contributed by atoms with van der Waals surface area (Å²) >= 11 is 0. The number of amides is 2. The average Bonchev–Trinajstić information content (AvgIpc) is 2.95. The zero-order chi connectivity index (χ0) is 22.7. The molecule has 0 saturated carbocycles. The van der Waals surface area contributed by atoms with Crippen molar-refractivity contribution in [3.8, 4) is 23.0 Å². The summed E-state index contributed by atoms with van der Waals surface area (Å²) in [6.07, 6.45) is 1.54. The summed E-state index contributed by atoms with van der Waals surface area (Å²) in [5.41, 5.74) is 0.814. The van der Waals surface area contributed by atoms with Crippen molar-refractivity contribution >= 4 is 11.8 Å². The Labute approximate surface area is 187 Å². The highest BCUT2D eigenvalue weighted by Gasteiger charge is 2.41. The smallest absolute Gasteiger partial charge is 0.255 e. The van der Waals surface area contributed by atoms with Crippen LogP contribution in [-0.2, 0) is 11.2 Å². The second kappa shape index (κ2) is 8.98. The lowest BCUT2D eigenvalue weighted by Gasteiger charge is -2.41. The molecular formula is C24H28N2O6.